The van der Waals surface area contributed by atoms with Crippen molar-refractivity contribution in [2.24, 2.45) is 0 Å². The molecule has 0 aliphatic carbocycles. The average Bonchev–Trinajstić information content (AvgIpc) is 3.23. The molecule has 0 fully saturated rings. The zero-order valence-electron chi connectivity index (χ0n) is 23.5. The van der Waals surface area contributed by atoms with Crippen molar-refractivity contribution in [3.05, 3.63) is 94.3 Å². The summed E-state index contributed by atoms with van der Waals surface area (Å²) in [5, 5.41) is 3.08. The number of carbonyl (C=O) groups is 1. The van der Waals surface area contributed by atoms with Crippen LogP contribution in [0.5, 0.6) is 5.75 Å². The van der Waals surface area contributed by atoms with Crippen molar-refractivity contribution in [2.45, 2.75) is 72.8 Å². The van der Waals surface area contributed by atoms with Gasteiger partial charge in [-0.05, 0) is 86.9 Å². The molecule has 0 atom stereocenters. The van der Waals surface area contributed by atoms with E-state index in [-0.39, 0.29) is 5.91 Å². The number of aromatic nitrogens is 2. The van der Waals surface area contributed by atoms with Crippen LogP contribution >= 0.6 is 0 Å². The van der Waals surface area contributed by atoms with Crippen LogP contribution in [0.25, 0.3) is 11.0 Å². The zero-order valence-corrected chi connectivity index (χ0v) is 23.5. The topological polar surface area (TPSA) is 56.2 Å². The number of ether oxygens (including phenoxy) is 1. The van der Waals surface area contributed by atoms with Crippen LogP contribution < -0.4 is 10.1 Å². The minimum absolute atomic E-state index is 0.00904. The number of amides is 1. The van der Waals surface area contributed by atoms with Crippen molar-refractivity contribution in [3.63, 3.8) is 0 Å². The van der Waals surface area contributed by atoms with Crippen LogP contribution in [0.3, 0.4) is 0 Å². The van der Waals surface area contributed by atoms with Crippen LogP contribution in [0.15, 0.2) is 60.7 Å². The molecule has 0 bridgehead atoms. The average molecular weight is 512 g/mol. The highest BCUT2D eigenvalue weighted by atomic mass is 16.5. The number of unbranched alkanes of at least 4 members (excludes halogenated alkanes) is 1. The fourth-order valence-corrected chi connectivity index (χ4v) is 4.98. The molecule has 0 spiro atoms. The van der Waals surface area contributed by atoms with Gasteiger partial charge in [0.15, 0.2) is 0 Å². The predicted octanol–water partition coefficient (Wildman–Crippen LogP) is 7.31. The van der Waals surface area contributed by atoms with Crippen LogP contribution in [-0.4, -0.2) is 28.6 Å². The molecule has 0 aliphatic heterocycles. The number of hydrogen-bond donors (Lipinski definition) is 1. The number of aryl methyl sites for hydroxylation is 5. The lowest BCUT2D eigenvalue weighted by Crippen LogP contribution is -2.25. The molecule has 4 aromatic rings. The lowest BCUT2D eigenvalue weighted by atomic mass is 10.0. The second-order valence-corrected chi connectivity index (χ2v) is 10.6. The molecule has 1 amide bonds. The van der Waals surface area contributed by atoms with Crippen LogP contribution in [-0.2, 0) is 13.0 Å². The number of rotatable bonds is 12. The molecule has 1 aromatic heterocycles. The summed E-state index contributed by atoms with van der Waals surface area (Å²) in [7, 11) is 0. The van der Waals surface area contributed by atoms with Crippen LogP contribution in [0.2, 0.25) is 0 Å². The number of fused-ring (bicyclic) bond motifs is 1. The van der Waals surface area contributed by atoms with Crippen molar-refractivity contribution >= 4 is 16.9 Å². The highest BCUT2D eigenvalue weighted by Gasteiger charge is 2.12. The van der Waals surface area contributed by atoms with Gasteiger partial charge in [-0.3, -0.25) is 4.79 Å². The van der Waals surface area contributed by atoms with E-state index < -0.39 is 0 Å². The van der Waals surface area contributed by atoms with Gasteiger partial charge < -0.3 is 14.6 Å². The van der Waals surface area contributed by atoms with Crippen LogP contribution in [0.1, 0.15) is 77.5 Å². The summed E-state index contributed by atoms with van der Waals surface area (Å²) in [4.78, 5) is 17.6. The Labute approximate surface area is 227 Å². The first-order chi connectivity index (χ1) is 18.3. The van der Waals surface area contributed by atoms with Gasteiger partial charge in [-0.15, -0.1) is 0 Å². The molecular weight excluding hydrogens is 470 g/mol. The summed E-state index contributed by atoms with van der Waals surface area (Å²) in [5.74, 6) is 2.52. The van der Waals surface area contributed by atoms with Gasteiger partial charge >= 0.3 is 0 Å². The number of nitrogens with one attached hydrogen (secondary N) is 1. The third-order valence-corrected chi connectivity index (χ3v) is 7.05. The quantitative estimate of drug-likeness (QED) is 0.203. The Bertz CT molecular complexity index is 1390. The Balaban J connectivity index is 1.31. The Morgan fingerprint density at radius 3 is 2.50 bits per heavy atom. The van der Waals surface area contributed by atoms with E-state index in [1.54, 1.807) is 0 Å². The van der Waals surface area contributed by atoms with Gasteiger partial charge in [0, 0.05) is 25.1 Å². The maximum Gasteiger partial charge on any atom is 0.251 e. The zero-order chi connectivity index (χ0) is 27.1. The van der Waals surface area contributed by atoms with Crippen molar-refractivity contribution < 1.29 is 9.53 Å². The molecule has 4 rings (SSSR count). The van der Waals surface area contributed by atoms with E-state index >= 15 is 0 Å². The third kappa shape index (κ3) is 6.83. The first-order valence-electron chi connectivity index (χ1n) is 13.9. The lowest BCUT2D eigenvalue weighted by Gasteiger charge is -2.15. The summed E-state index contributed by atoms with van der Waals surface area (Å²) in [6.45, 7) is 12.8. The Hall–Kier alpha value is -3.60. The molecule has 0 radical (unpaired) electrons. The third-order valence-electron chi connectivity index (χ3n) is 7.05. The second-order valence-electron chi connectivity index (χ2n) is 10.6. The smallest absolute Gasteiger partial charge is 0.251 e. The summed E-state index contributed by atoms with van der Waals surface area (Å²) in [6.07, 6.45) is 3.65. The van der Waals surface area contributed by atoms with Crippen molar-refractivity contribution in [2.75, 3.05) is 13.2 Å². The number of carbonyl (C=O) groups excluding carboxylic acids is 1. The van der Waals surface area contributed by atoms with E-state index in [4.69, 9.17) is 9.72 Å². The maximum atomic E-state index is 12.6. The first-order valence-corrected chi connectivity index (χ1v) is 13.9. The van der Waals surface area contributed by atoms with Crippen molar-refractivity contribution in [3.8, 4) is 5.75 Å². The fraction of sp³-hybridized carbons (Fsp3) is 0.394. The maximum absolute atomic E-state index is 12.6. The van der Waals surface area contributed by atoms with Crippen molar-refractivity contribution in [1.29, 1.82) is 0 Å². The summed E-state index contributed by atoms with van der Waals surface area (Å²) in [5.41, 5.74) is 7.61. The monoisotopic (exact) mass is 511 g/mol. The highest BCUT2D eigenvalue weighted by molar-refractivity contribution is 5.95. The fourth-order valence-electron chi connectivity index (χ4n) is 4.98. The number of nitrogens with zero attached hydrogens (tertiary/aromatic N) is 2. The molecule has 1 N–H and O–H groups in total. The highest BCUT2D eigenvalue weighted by Crippen LogP contribution is 2.27. The van der Waals surface area contributed by atoms with E-state index in [9.17, 15) is 4.79 Å². The number of para-hydroxylation sites is 2. The van der Waals surface area contributed by atoms with E-state index in [1.807, 2.05) is 38.1 Å². The van der Waals surface area contributed by atoms with E-state index in [1.165, 1.54) is 22.2 Å². The summed E-state index contributed by atoms with van der Waals surface area (Å²) in [6, 6.07) is 20.8. The van der Waals surface area contributed by atoms with E-state index in [0.29, 0.717) is 19.1 Å². The van der Waals surface area contributed by atoms with Gasteiger partial charge in [-0.1, -0.05) is 55.8 Å². The van der Waals surface area contributed by atoms with Gasteiger partial charge in [0.25, 0.3) is 5.91 Å². The standard InChI is InChI=1S/C33H41N3O2/c1-23(2)27-16-14-25(4)22-31(27)38-20-9-8-19-36-30-12-7-6-11-29(30)35-32(36)13-10-18-34-33(37)28-17-15-24(3)21-26(28)5/h6-7,11-12,14-17,21-23H,8-10,13,18-20H2,1-5H3,(H,34,37). The van der Waals surface area contributed by atoms with Gasteiger partial charge in [0.2, 0.25) is 0 Å². The number of benzene rings is 3. The molecule has 200 valence electrons. The minimum Gasteiger partial charge on any atom is -0.493 e. The molecular formula is C33H41N3O2. The summed E-state index contributed by atoms with van der Waals surface area (Å²) < 4.78 is 8.55. The molecule has 5 heteroatoms. The molecule has 3 aromatic carbocycles. The molecule has 0 unspecified atom stereocenters. The lowest BCUT2D eigenvalue weighted by molar-refractivity contribution is 0.0952. The SMILES string of the molecule is Cc1ccc(C(=O)NCCCc2nc3ccccc3n2CCCCOc2cc(C)ccc2C(C)C)c(C)c1. The van der Waals surface area contributed by atoms with Gasteiger partial charge in [0.1, 0.15) is 11.6 Å². The van der Waals surface area contributed by atoms with Crippen molar-refractivity contribution in [1.82, 2.24) is 14.9 Å². The van der Waals surface area contributed by atoms with Gasteiger partial charge in [-0.25, -0.2) is 4.98 Å². The normalized spacial score (nSPS) is 11.3. The minimum atomic E-state index is -0.00904. The first kappa shape index (κ1) is 27.4. The Morgan fingerprint density at radius 2 is 1.71 bits per heavy atom. The molecule has 0 aliphatic rings. The molecule has 0 saturated heterocycles. The van der Waals surface area contributed by atoms with E-state index in [0.717, 1.165) is 60.4 Å². The van der Waals surface area contributed by atoms with Gasteiger partial charge in [0.05, 0.1) is 17.6 Å². The largest absolute Gasteiger partial charge is 0.493 e. The van der Waals surface area contributed by atoms with Crippen LogP contribution in [0, 0.1) is 20.8 Å². The molecule has 0 saturated carbocycles. The molecule has 1 heterocycles. The summed E-state index contributed by atoms with van der Waals surface area (Å²) >= 11 is 0. The molecule has 5 nitrogen and oxygen atoms in total. The number of imidazole rings is 1. The van der Waals surface area contributed by atoms with Crippen LogP contribution in [0.4, 0.5) is 0 Å². The Kier molecular flexibility index (Phi) is 9.22. The predicted molar refractivity (Wildman–Crippen MR) is 156 cm³/mol. The second kappa shape index (κ2) is 12.8. The Morgan fingerprint density at radius 1 is 0.947 bits per heavy atom. The number of hydrogen-bond acceptors (Lipinski definition) is 3. The van der Waals surface area contributed by atoms with E-state index in [2.05, 4.69) is 67.1 Å². The molecule has 38 heavy (non-hydrogen) atoms. The van der Waals surface area contributed by atoms with Gasteiger partial charge in [-0.2, -0.15) is 0 Å².